The van der Waals surface area contributed by atoms with E-state index in [0.717, 1.165) is 4.32 Å². The molecule has 90 valence electrons. The maximum atomic E-state index is 11.9. The Morgan fingerprint density at radius 1 is 1.53 bits per heavy atom. The first-order valence-electron chi connectivity index (χ1n) is 5.00. The van der Waals surface area contributed by atoms with E-state index < -0.39 is 0 Å². The lowest BCUT2D eigenvalue weighted by Crippen LogP contribution is -2.51. The number of aromatic nitrogens is 1. The highest BCUT2D eigenvalue weighted by Gasteiger charge is 2.20. The minimum absolute atomic E-state index is 0.130. The van der Waals surface area contributed by atoms with E-state index in [1.54, 1.807) is 24.5 Å². The number of hydrogen-bond donors (Lipinski definition) is 1. The SMILES string of the molecule is CN1CN(NC(=O)c2ccncc2)CSC1=S. The van der Waals surface area contributed by atoms with Gasteiger partial charge in [-0.15, -0.1) is 0 Å². The molecule has 1 N–H and O–H groups in total. The topological polar surface area (TPSA) is 48.5 Å². The average Bonchev–Trinajstić information content (AvgIpc) is 2.35. The minimum Gasteiger partial charge on any atom is -0.346 e. The first kappa shape index (κ1) is 12.3. The van der Waals surface area contributed by atoms with Gasteiger partial charge >= 0.3 is 0 Å². The number of carbonyl (C=O) groups is 1. The first-order valence-corrected chi connectivity index (χ1v) is 6.40. The van der Waals surface area contributed by atoms with E-state index in [-0.39, 0.29) is 5.91 Å². The lowest BCUT2D eigenvalue weighted by molar-refractivity contribution is 0.0766. The number of rotatable bonds is 2. The normalized spacial score (nSPS) is 17.0. The molecule has 0 bridgehead atoms. The molecule has 1 saturated heterocycles. The summed E-state index contributed by atoms with van der Waals surface area (Å²) in [4.78, 5) is 17.6. The smallest absolute Gasteiger partial charge is 0.265 e. The van der Waals surface area contributed by atoms with Gasteiger partial charge in [-0.25, -0.2) is 0 Å². The van der Waals surface area contributed by atoms with Crippen LogP contribution in [0.4, 0.5) is 0 Å². The summed E-state index contributed by atoms with van der Waals surface area (Å²) in [6.45, 7) is 0.600. The Morgan fingerprint density at radius 2 is 2.24 bits per heavy atom. The Kier molecular flexibility index (Phi) is 3.93. The van der Waals surface area contributed by atoms with Gasteiger partial charge in [0.25, 0.3) is 5.91 Å². The second-order valence-electron chi connectivity index (χ2n) is 3.60. The molecule has 0 spiro atoms. The highest BCUT2D eigenvalue weighted by Crippen LogP contribution is 2.15. The van der Waals surface area contributed by atoms with Crippen LogP contribution in [0.15, 0.2) is 24.5 Å². The van der Waals surface area contributed by atoms with Crippen LogP contribution in [0.3, 0.4) is 0 Å². The summed E-state index contributed by atoms with van der Waals surface area (Å²) in [6, 6.07) is 3.36. The highest BCUT2D eigenvalue weighted by atomic mass is 32.2. The second-order valence-corrected chi connectivity index (χ2v) is 5.17. The summed E-state index contributed by atoms with van der Waals surface area (Å²) in [6.07, 6.45) is 3.20. The molecule has 0 aromatic carbocycles. The Morgan fingerprint density at radius 3 is 2.88 bits per heavy atom. The zero-order valence-corrected chi connectivity index (χ0v) is 10.9. The maximum Gasteiger partial charge on any atom is 0.265 e. The van der Waals surface area contributed by atoms with E-state index in [1.165, 1.54) is 11.8 Å². The van der Waals surface area contributed by atoms with Crippen LogP contribution in [-0.4, -0.2) is 44.7 Å². The molecule has 1 aliphatic heterocycles. The summed E-state index contributed by atoms with van der Waals surface area (Å²) in [5.74, 6) is 0.536. The quantitative estimate of drug-likeness (QED) is 0.805. The van der Waals surface area contributed by atoms with Crippen molar-refractivity contribution in [2.24, 2.45) is 0 Å². The van der Waals surface area contributed by atoms with Crippen molar-refractivity contribution in [3.8, 4) is 0 Å². The second kappa shape index (κ2) is 5.44. The van der Waals surface area contributed by atoms with Gasteiger partial charge in [-0.1, -0.05) is 24.0 Å². The monoisotopic (exact) mass is 268 g/mol. The van der Waals surface area contributed by atoms with Crippen molar-refractivity contribution in [1.82, 2.24) is 20.3 Å². The zero-order valence-electron chi connectivity index (χ0n) is 9.29. The summed E-state index contributed by atoms with van der Waals surface area (Å²) in [7, 11) is 1.90. The summed E-state index contributed by atoms with van der Waals surface area (Å²) in [5, 5.41) is 1.82. The van der Waals surface area contributed by atoms with Crippen LogP contribution >= 0.6 is 24.0 Å². The van der Waals surface area contributed by atoms with Gasteiger partial charge in [-0.3, -0.25) is 15.2 Å². The van der Waals surface area contributed by atoms with Crippen LogP contribution in [-0.2, 0) is 0 Å². The predicted molar refractivity (Wildman–Crippen MR) is 71.2 cm³/mol. The van der Waals surface area contributed by atoms with Gasteiger partial charge < -0.3 is 4.90 Å². The fourth-order valence-electron chi connectivity index (χ4n) is 1.38. The average molecular weight is 268 g/mol. The van der Waals surface area contributed by atoms with Crippen molar-refractivity contribution in [3.63, 3.8) is 0 Å². The molecule has 17 heavy (non-hydrogen) atoms. The number of hydrazine groups is 1. The summed E-state index contributed by atoms with van der Waals surface area (Å²) in [5.41, 5.74) is 3.43. The molecule has 1 aliphatic rings. The van der Waals surface area contributed by atoms with E-state index in [2.05, 4.69) is 10.4 Å². The first-order chi connectivity index (χ1) is 8.16. The van der Waals surface area contributed by atoms with E-state index >= 15 is 0 Å². The maximum absolute atomic E-state index is 11.9. The lowest BCUT2D eigenvalue weighted by Gasteiger charge is -2.33. The third-order valence-electron chi connectivity index (χ3n) is 2.24. The molecular weight excluding hydrogens is 256 g/mol. The van der Waals surface area contributed by atoms with Crippen molar-refractivity contribution in [1.29, 1.82) is 0 Å². The summed E-state index contributed by atoms with van der Waals surface area (Å²) < 4.78 is 0.847. The van der Waals surface area contributed by atoms with Crippen LogP contribution in [0.1, 0.15) is 10.4 Å². The van der Waals surface area contributed by atoms with Crippen molar-refractivity contribution < 1.29 is 4.79 Å². The highest BCUT2D eigenvalue weighted by molar-refractivity contribution is 8.22. The van der Waals surface area contributed by atoms with Gasteiger partial charge in [0.1, 0.15) is 4.32 Å². The largest absolute Gasteiger partial charge is 0.346 e. The molecular formula is C10H12N4OS2. The number of thioether (sulfide) groups is 1. The van der Waals surface area contributed by atoms with Gasteiger partial charge in [0.05, 0.1) is 12.5 Å². The van der Waals surface area contributed by atoms with Gasteiger partial charge in [-0.2, -0.15) is 5.01 Å². The van der Waals surface area contributed by atoms with Crippen molar-refractivity contribution in [2.75, 3.05) is 19.6 Å². The molecule has 1 fully saturated rings. The molecule has 1 aromatic rings. The predicted octanol–water partition coefficient (Wildman–Crippen LogP) is 0.907. The number of nitrogens with one attached hydrogen (secondary N) is 1. The minimum atomic E-state index is -0.130. The Hall–Kier alpha value is -1.18. The molecule has 0 saturated carbocycles. The van der Waals surface area contributed by atoms with Crippen LogP contribution in [0.5, 0.6) is 0 Å². The van der Waals surface area contributed by atoms with E-state index in [0.29, 0.717) is 18.1 Å². The molecule has 1 aromatic heterocycles. The molecule has 0 unspecified atom stereocenters. The number of amides is 1. The fraction of sp³-hybridized carbons (Fsp3) is 0.300. The molecule has 5 nitrogen and oxygen atoms in total. The van der Waals surface area contributed by atoms with Crippen LogP contribution < -0.4 is 5.43 Å². The van der Waals surface area contributed by atoms with E-state index in [1.807, 2.05) is 17.0 Å². The standard InChI is InChI=1S/C10H12N4OS2/c1-13-6-14(7-17-10(13)16)12-9(15)8-2-4-11-5-3-8/h2-5H,6-7H2,1H3,(H,12,15). The number of hydrogen-bond acceptors (Lipinski definition) is 5. The van der Waals surface area contributed by atoms with Gasteiger partial charge in [0, 0.05) is 25.0 Å². The Balaban J connectivity index is 1.94. The van der Waals surface area contributed by atoms with Gasteiger partial charge in [0.2, 0.25) is 0 Å². The van der Waals surface area contributed by atoms with E-state index in [9.17, 15) is 4.79 Å². The third kappa shape index (κ3) is 3.15. The third-order valence-corrected chi connectivity index (χ3v) is 3.91. The molecule has 2 rings (SSSR count). The molecule has 2 heterocycles. The van der Waals surface area contributed by atoms with Crippen LogP contribution in [0.25, 0.3) is 0 Å². The number of carbonyl (C=O) groups excluding carboxylic acids is 1. The van der Waals surface area contributed by atoms with Crippen molar-refractivity contribution in [3.05, 3.63) is 30.1 Å². The lowest BCUT2D eigenvalue weighted by atomic mass is 10.3. The molecule has 0 atom stereocenters. The Labute approximate surface area is 109 Å². The number of nitrogens with zero attached hydrogens (tertiary/aromatic N) is 3. The van der Waals surface area contributed by atoms with Crippen LogP contribution in [0, 0.1) is 0 Å². The zero-order chi connectivity index (χ0) is 12.3. The van der Waals surface area contributed by atoms with Crippen molar-refractivity contribution >= 4 is 34.2 Å². The van der Waals surface area contributed by atoms with Gasteiger partial charge in [-0.05, 0) is 12.1 Å². The van der Waals surface area contributed by atoms with Crippen molar-refractivity contribution in [2.45, 2.75) is 0 Å². The van der Waals surface area contributed by atoms with Gasteiger partial charge in [0.15, 0.2) is 0 Å². The summed E-state index contributed by atoms with van der Waals surface area (Å²) >= 11 is 6.66. The van der Waals surface area contributed by atoms with E-state index in [4.69, 9.17) is 12.2 Å². The van der Waals surface area contributed by atoms with Crippen LogP contribution in [0.2, 0.25) is 0 Å². The molecule has 0 radical (unpaired) electrons. The molecule has 7 heteroatoms. The number of thiocarbonyl (C=S) groups is 1. The number of pyridine rings is 1. The fourth-order valence-corrected chi connectivity index (χ4v) is 2.28. The molecule has 0 aliphatic carbocycles. The Bertz CT molecular complexity index is 426. The molecule has 1 amide bonds.